The van der Waals surface area contributed by atoms with Gasteiger partial charge in [-0.05, 0) is 38.4 Å². The smallest absolute Gasteiger partial charge is 0.146 e. The van der Waals surface area contributed by atoms with E-state index >= 15 is 0 Å². The van der Waals surface area contributed by atoms with Gasteiger partial charge in [-0.2, -0.15) is 0 Å². The van der Waals surface area contributed by atoms with Gasteiger partial charge < -0.3 is 5.32 Å². The van der Waals surface area contributed by atoms with Crippen molar-refractivity contribution in [2.75, 3.05) is 19.6 Å². The quantitative estimate of drug-likeness (QED) is 0.803. The molecule has 2 rings (SSSR count). The summed E-state index contributed by atoms with van der Waals surface area (Å²) < 4.78 is 14.0. The van der Waals surface area contributed by atoms with E-state index in [4.69, 9.17) is 11.6 Å². The lowest BCUT2D eigenvalue weighted by atomic mass is 10.0. The molecule has 0 amide bonds. The van der Waals surface area contributed by atoms with Gasteiger partial charge in [0.1, 0.15) is 5.82 Å². The van der Waals surface area contributed by atoms with Crippen molar-refractivity contribution in [3.05, 3.63) is 34.6 Å². The monoisotopic (exact) mass is 298 g/mol. The first-order chi connectivity index (χ1) is 9.72. The highest BCUT2D eigenvalue weighted by Gasteiger charge is 2.23. The second kappa shape index (κ2) is 7.96. The van der Waals surface area contributed by atoms with Crippen molar-refractivity contribution in [2.45, 2.75) is 45.2 Å². The average Bonchev–Trinajstić information content (AvgIpc) is 2.46. The topological polar surface area (TPSA) is 15.3 Å². The van der Waals surface area contributed by atoms with Crippen LogP contribution >= 0.6 is 11.6 Å². The van der Waals surface area contributed by atoms with E-state index in [1.807, 2.05) is 12.1 Å². The predicted molar refractivity (Wildman–Crippen MR) is 82.6 cm³/mol. The Morgan fingerprint density at radius 3 is 3.05 bits per heavy atom. The summed E-state index contributed by atoms with van der Waals surface area (Å²) in [6.07, 6.45) is 4.81. The van der Waals surface area contributed by atoms with Crippen molar-refractivity contribution in [1.82, 2.24) is 10.2 Å². The van der Waals surface area contributed by atoms with Crippen LogP contribution in [-0.2, 0) is 6.54 Å². The predicted octanol–water partition coefficient (Wildman–Crippen LogP) is 3.83. The number of rotatable bonds is 6. The lowest BCUT2D eigenvalue weighted by molar-refractivity contribution is 0.136. The molecule has 20 heavy (non-hydrogen) atoms. The normalized spacial score (nSPS) is 20.2. The maximum Gasteiger partial charge on any atom is 0.146 e. The molecule has 4 heteroatoms. The van der Waals surface area contributed by atoms with Gasteiger partial charge in [0.2, 0.25) is 0 Å². The van der Waals surface area contributed by atoms with Crippen molar-refractivity contribution in [3.63, 3.8) is 0 Å². The van der Waals surface area contributed by atoms with Gasteiger partial charge >= 0.3 is 0 Å². The number of nitrogens with one attached hydrogen (secondary N) is 1. The van der Waals surface area contributed by atoms with Gasteiger partial charge in [-0.3, -0.25) is 4.90 Å². The Balaban J connectivity index is 1.99. The first kappa shape index (κ1) is 15.7. The summed E-state index contributed by atoms with van der Waals surface area (Å²) in [7, 11) is 0. The van der Waals surface area contributed by atoms with Gasteiger partial charge in [0, 0.05) is 24.7 Å². The van der Waals surface area contributed by atoms with E-state index in [0.717, 1.165) is 26.1 Å². The fourth-order valence-corrected chi connectivity index (χ4v) is 3.03. The highest BCUT2D eigenvalue weighted by atomic mass is 35.5. The lowest BCUT2D eigenvalue weighted by Crippen LogP contribution is -2.45. The molecule has 1 aromatic carbocycles. The average molecular weight is 299 g/mol. The standard InChI is InChI=1S/C16H24ClFN2/c1-2-9-19-11-14-7-3-4-10-20(14)12-13-6-5-8-15(17)16(13)18/h5-6,8,14,19H,2-4,7,9-12H2,1H3. The Hall–Kier alpha value is -0.640. The van der Waals surface area contributed by atoms with Gasteiger partial charge in [0.25, 0.3) is 0 Å². The van der Waals surface area contributed by atoms with Crippen LogP contribution in [0.25, 0.3) is 0 Å². The number of halogens is 2. The second-order valence-electron chi connectivity index (χ2n) is 5.54. The Morgan fingerprint density at radius 2 is 2.25 bits per heavy atom. The van der Waals surface area contributed by atoms with Crippen LogP contribution in [0.3, 0.4) is 0 Å². The second-order valence-corrected chi connectivity index (χ2v) is 5.94. The highest BCUT2D eigenvalue weighted by molar-refractivity contribution is 6.30. The molecule has 1 saturated heterocycles. The molecule has 1 aliphatic heterocycles. The molecule has 0 radical (unpaired) electrons. The maximum atomic E-state index is 14.0. The third-order valence-corrected chi connectivity index (χ3v) is 4.25. The van der Waals surface area contributed by atoms with E-state index in [1.54, 1.807) is 6.07 Å². The third kappa shape index (κ3) is 4.18. The van der Waals surface area contributed by atoms with Gasteiger partial charge in [0.15, 0.2) is 0 Å². The molecule has 1 unspecified atom stereocenters. The van der Waals surface area contributed by atoms with Gasteiger partial charge in [0.05, 0.1) is 5.02 Å². The van der Waals surface area contributed by atoms with Crippen molar-refractivity contribution in [3.8, 4) is 0 Å². The molecule has 0 aliphatic carbocycles. The number of hydrogen-bond donors (Lipinski definition) is 1. The molecule has 0 bridgehead atoms. The van der Waals surface area contributed by atoms with E-state index in [2.05, 4.69) is 17.1 Å². The largest absolute Gasteiger partial charge is 0.315 e. The van der Waals surface area contributed by atoms with Crippen LogP contribution in [-0.4, -0.2) is 30.6 Å². The highest BCUT2D eigenvalue weighted by Crippen LogP contribution is 2.23. The summed E-state index contributed by atoms with van der Waals surface area (Å²) in [6, 6.07) is 5.78. The summed E-state index contributed by atoms with van der Waals surface area (Å²) in [5, 5.41) is 3.71. The van der Waals surface area contributed by atoms with E-state index in [-0.39, 0.29) is 10.8 Å². The molecule has 0 saturated carbocycles. The number of hydrogen-bond acceptors (Lipinski definition) is 2. The van der Waals surface area contributed by atoms with Gasteiger partial charge in [-0.1, -0.05) is 37.1 Å². The third-order valence-electron chi connectivity index (χ3n) is 3.96. The molecule has 1 N–H and O–H groups in total. The zero-order valence-corrected chi connectivity index (χ0v) is 12.9. The van der Waals surface area contributed by atoms with Crippen LogP contribution in [0.15, 0.2) is 18.2 Å². The molecule has 1 aliphatic rings. The van der Waals surface area contributed by atoms with Gasteiger partial charge in [-0.25, -0.2) is 4.39 Å². The zero-order chi connectivity index (χ0) is 14.4. The molecular formula is C16H24ClFN2. The summed E-state index contributed by atoms with van der Waals surface area (Å²) in [5.41, 5.74) is 0.708. The number of likely N-dealkylation sites (tertiary alicyclic amines) is 1. The van der Waals surface area contributed by atoms with E-state index < -0.39 is 0 Å². The van der Waals surface area contributed by atoms with Crippen molar-refractivity contribution in [1.29, 1.82) is 0 Å². The Kier molecular flexibility index (Phi) is 6.27. The minimum Gasteiger partial charge on any atom is -0.315 e. The maximum absolute atomic E-state index is 14.0. The SMILES string of the molecule is CCCNCC1CCCCN1Cc1cccc(Cl)c1F. The first-order valence-electron chi connectivity index (χ1n) is 7.60. The van der Waals surface area contributed by atoms with Crippen LogP contribution in [0.2, 0.25) is 5.02 Å². The number of benzene rings is 1. The van der Waals surface area contributed by atoms with Crippen molar-refractivity contribution < 1.29 is 4.39 Å². The fraction of sp³-hybridized carbons (Fsp3) is 0.625. The van der Waals surface area contributed by atoms with Crippen LogP contribution < -0.4 is 5.32 Å². The van der Waals surface area contributed by atoms with Crippen LogP contribution in [0.4, 0.5) is 4.39 Å². The molecular weight excluding hydrogens is 275 g/mol. The first-order valence-corrected chi connectivity index (χ1v) is 7.97. The Morgan fingerprint density at radius 1 is 1.40 bits per heavy atom. The molecule has 1 fully saturated rings. The molecule has 1 aromatic rings. The number of nitrogens with zero attached hydrogens (tertiary/aromatic N) is 1. The Labute approximate surface area is 126 Å². The van der Waals surface area contributed by atoms with Crippen LogP contribution in [0.5, 0.6) is 0 Å². The molecule has 112 valence electrons. The summed E-state index contributed by atoms with van der Waals surface area (Å²) >= 11 is 5.86. The molecule has 0 spiro atoms. The van der Waals surface area contributed by atoms with E-state index in [0.29, 0.717) is 18.2 Å². The lowest BCUT2D eigenvalue weighted by Gasteiger charge is -2.36. The zero-order valence-electron chi connectivity index (χ0n) is 12.2. The summed E-state index contributed by atoms with van der Waals surface area (Å²) in [5.74, 6) is -0.264. The fourth-order valence-electron chi connectivity index (χ4n) is 2.83. The van der Waals surface area contributed by atoms with Crippen molar-refractivity contribution >= 4 is 11.6 Å². The van der Waals surface area contributed by atoms with E-state index in [1.165, 1.54) is 19.3 Å². The van der Waals surface area contributed by atoms with E-state index in [9.17, 15) is 4.39 Å². The molecule has 0 aromatic heterocycles. The Bertz CT molecular complexity index is 425. The van der Waals surface area contributed by atoms with Gasteiger partial charge in [-0.15, -0.1) is 0 Å². The summed E-state index contributed by atoms with van der Waals surface area (Å²) in [4.78, 5) is 2.39. The molecule has 1 atom stereocenters. The number of piperidine rings is 1. The van der Waals surface area contributed by atoms with Crippen LogP contribution in [0.1, 0.15) is 38.2 Å². The minimum absolute atomic E-state index is 0.222. The molecule has 1 heterocycles. The molecule has 2 nitrogen and oxygen atoms in total. The minimum atomic E-state index is -0.264. The van der Waals surface area contributed by atoms with Crippen molar-refractivity contribution in [2.24, 2.45) is 0 Å². The van der Waals surface area contributed by atoms with Crippen LogP contribution in [0, 0.1) is 5.82 Å². The summed E-state index contributed by atoms with van der Waals surface area (Å²) in [6.45, 7) is 5.92.